The van der Waals surface area contributed by atoms with Crippen LogP contribution in [0.3, 0.4) is 0 Å². The Hall–Kier alpha value is -2.92. The van der Waals surface area contributed by atoms with E-state index in [9.17, 15) is 21.6 Å². The summed E-state index contributed by atoms with van der Waals surface area (Å²) in [6.45, 7) is 2.94. The van der Waals surface area contributed by atoms with E-state index in [1.165, 1.54) is 25.2 Å². The van der Waals surface area contributed by atoms with E-state index in [0.29, 0.717) is 22.9 Å². The molecule has 0 fully saturated rings. The second kappa shape index (κ2) is 7.65. The number of nitrogens with one attached hydrogen (secondary N) is 2. The molecule has 164 valence electrons. The average molecular weight is 451 g/mol. The first-order valence-corrected chi connectivity index (χ1v) is 11.0. The number of fused-ring (bicyclic) bond motifs is 1. The quantitative estimate of drug-likeness (QED) is 0.616. The van der Waals surface area contributed by atoms with E-state index in [-0.39, 0.29) is 10.7 Å². The van der Waals surface area contributed by atoms with Crippen molar-refractivity contribution >= 4 is 21.5 Å². The molecular weight excluding hydrogens is 431 g/mol. The molecule has 3 aromatic rings. The van der Waals surface area contributed by atoms with Crippen molar-refractivity contribution in [3.05, 3.63) is 54.1 Å². The summed E-state index contributed by atoms with van der Waals surface area (Å²) < 4.78 is 67.3. The van der Waals surface area contributed by atoms with Crippen molar-refractivity contribution in [1.82, 2.24) is 19.3 Å². The predicted octanol–water partition coefficient (Wildman–Crippen LogP) is 3.81. The van der Waals surface area contributed by atoms with Gasteiger partial charge in [0.2, 0.25) is 10.0 Å². The molecule has 1 aromatic carbocycles. The van der Waals surface area contributed by atoms with E-state index in [4.69, 9.17) is 0 Å². The van der Waals surface area contributed by atoms with Gasteiger partial charge in [0, 0.05) is 36.6 Å². The summed E-state index contributed by atoms with van der Waals surface area (Å²) in [4.78, 5) is 8.54. The van der Waals surface area contributed by atoms with Gasteiger partial charge in [-0.3, -0.25) is 0 Å². The second-order valence-corrected chi connectivity index (χ2v) is 9.36. The minimum absolute atomic E-state index is 0.0532. The maximum absolute atomic E-state index is 12.8. The smallest absolute Gasteiger partial charge is 0.340 e. The van der Waals surface area contributed by atoms with Crippen LogP contribution in [-0.2, 0) is 29.2 Å². The number of imidazole rings is 1. The fourth-order valence-corrected chi connectivity index (χ4v) is 4.28. The SMILES string of the molecule is CNS(=O)(=O)c1ccc(Nc2ccc(C(F)(F)F)cn2)c(-c2cn3c(n2)CC(C)C3)c1. The number of benzene rings is 1. The first kappa shape index (κ1) is 21.3. The van der Waals surface area contributed by atoms with Crippen LogP contribution in [0.4, 0.5) is 24.7 Å². The zero-order valence-electron chi connectivity index (χ0n) is 16.7. The van der Waals surface area contributed by atoms with Crippen LogP contribution < -0.4 is 10.0 Å². The van der Waals surface area contributed by atoms with Crippen LogP contribution in [-0.4, -0.2) is 30.0 Å². The Morgan fingerprint density at radius 2 is 1.97 bits per heavy atom. The third kappa shape index (κ3) is 4.28. The number of nitrogens with zero attached hydrogens (tertiary/aromatic N) is 3. The average Bonchev–Trinajstić information content (AvgIpc) is 3.25. The van der Waals surface area contributed by atoms with E-state index < -0.39 is 21.8 Å². The first-order chi connectivity index (χ1) is 14.6. The van der Waals surface area contributed by atoms with E-state index in [1.54, 1.807) is 6.07 Å². The van der Waals surface area contributed by atoms with Crippen molar-refractivity contribution in [2.24, 2.45) is 5.92 Å². The third-order valence-electron chi connectivity index (χ3n) is 5.10. The summed E-state index contributed by atoms with van der Waals surface area (Å²) >= 11 is 0. The lowest BCUT2D eigenvalue weighted by molar-refractivity contribution is -0.137. The highest BCUT2D eigenvalue weighted by molar-refractivity contribution is 7.89. The summed E-state index contributed by atoms with van der Waals surface area (Å²) in [5, 5.41) is 2.98. The molecule has 2 aromatic heterocycles. The van der Waals surface area contributed by atoms with Crippen molar-refractivity contribution in [2.75, 3.05) is 12.4 Å². The van der Waals surface area contributed by atoms with Crippen molar-refractivity contribution < 1.29 is 21.6 Å². The molecule has 7 nitrogen and oxygen atoms in total. The van der Waals surface area contributed by atoms with Gasteiger partial charge in [0.05, 0.1) is 16.2 Å². The number of alkyl halides is 3. The van der Waals surface area contributed by atoms with Crippen molar-refractivity contribution in [3.63, 3.8) is 0 Å². The van der Waals surface area contributed by atoms with Crippen LogP contribution >= 0.6 is 0 Å². The maximum Gasteiger partial charge on any atom is 0.417 e. The van der Waals surface area contributed by atoms with Crippen LogP contribution in [0.1, 0.15) is 18.3 Å². The molecule has 0 radical (unpaired) electrons. The van der Waals surface area contributed by atoms with Gasteiger partial charge in [0.15, 0.2) is 0 Å². The van der Waals surface area contributed by atoms with Gasteiger partial charge in [-0.25, -0.2) is 23.1 Å². The number of sulfonamides is 1. The monoisotopic (exact) mass is 451 g/mol. The number of hydrogen-bond donors (Lipinski definition) is 2. The molecule has 31 heavy (non-hydrogen) atoms. The molecule has 1 atom stereocenters. The number of pyridine rings is 1. The van der Waals surface area contributed by atoms with Gasteiger partial charge in [0.25, 0.3) is 0 Å². The minimum atomic E-state index is -4.48. The molecule has 0 saturated carbocycles. The Morgan fingerprint density at radius 3 is 2.58 bits per heavy atom. The van der Waals surface area contributed by atoms with Gasteiger partial charge >= 0.3 is 6.18 Å². The maximum atomic E-state index is 12.8. The summed E-state index contributed by atoms with van der Waals surface area (Å²) in [5.74, 6) is 1.57. The molecule has 0 spiro atoms. The Labute approximate surface area is 177 Å². The van der Waals surface area contributed by atoms with Crippen LogP contribution in [0.5, 0.6) is 0 Å². The van der Waals surface area contributed by atoms with Crippen molar-refractivity contribution in [3.8, 4) is 11.3 Å². The zero-order valence-corrected chi connectivity index (χ0v) is 17.5. The summed E-state index contributed by atoms with van der Waals surface area (Å²) in [6.07, 6.45) is -1.06. The van der Waals surface area contributed by atoms with Gasteiger partial charge in [-0.15, -0.1) is 0 Å². The van der Waals surface area contributed by atoms with Gasteiger partial charge in [0.1, 0.15) is 11.6 Å². The number of halogens is 3. The largest absolute Gasteiger partial charge is 0.417 e. The standard InChI is InChI=1S/C20H20F3N5O2S/c1-12-7-19-27-17(11-28(19)10-12)15-8-14(31(29,30)24-2)4-5-16(15)26-18-6-3-13(9-25-18)20(21,22)23/h3-6,8-9,11-12,24H,7,10H2,1-2H3,(H,25,26). The molecular formula is C20H20F3N5O2S. The van der Waals surface area contributed by atoms with Crippen LogP contribution in [0.2, 0.25) is 0 Å². The van der Waals surface area contributed by atoms with E-state index >= 15 is 0 Å². The highest BCUT2D eigenvalue weighted by Gasteiger charge is 2.30. The Kier molecular flexibility index (Phi) is 5.26. The molecule has 0 aliphatic carbocycles. The highest BCUT2D eigenvalue weighted by atomic mass is 32.2. The van der Waals surface area contributed by atoms with Gasteiger partial charge in [-0.2, -0.15) is 13.2 Å². The molecule has 1 unspecified atom stereocenters. The molecule has 0 amide bonds. The number of aromatic nitrogens is 3. The Bertz CT molecular complexity index is 1200. The topological polar surface area (TPSA) is 88.9 Å². The predicted molar refractivity (Wildman–Crippen MR) is 109 cm³/mol. The lowest BCUT2D eigenvalue weighted by Gasteiger charge is -2.13. The van der Waals surface area contributed by atoms with Crippen LogP contribution in [0.15, 0.2) is 47.6 Å². The van der Waals surface area contributed by atoms with Crippen LogP contribution in [0, 0.1) is 5.92 Å². The van der Waals surface area contributed by atoms with Crippen LogP contribution in [0.25, 0.3) is 11.3 Å². The molecule has 0 saturated heterocycles. The fourth-order valence-electron chi connectivity index (χ4n) is 3.52. The van der Waals surface area contributed by atoms with E-state index in [1.807, 2.05) is 10.8 Å². The van der Waals surface area contributed by atoms with Crippen molar-refractivity contribution in [2.45, 2.75) is 31.0 Å². The first-order valence-electron chi connectivity index (χ1n) is 9.51. The Morgan fingerprint density at radius 1 is 1.19 bits per heavy atom. The summed E-state index contributed by atoms with van der Waals surface area (Å²) in [6, 6.07) is 6.60. The lowest BCUT2D eigenvalue weighted by atomic mass is 10.1. The number of rotatable bonds is 5. The number of hydrogen-bond acceptors (Lipinski definition) is 5. The molecule has 2 N–H and O–H groups in total. The lowest BCUT2D eigenvalue weighted by Crippen LogP contribution is -2.18. The molecule has 4 rings (SSSR count). The second-order valence-electron chi connectivity index (χ2n) is 7.47. The molecule has 1 aliphatic rings. The van der Waals surface area contributed by atoms with Crippen molar-refractivity contribution in [1.29, 1.82) is 0 Å². The minimum Gasteiger partial charge on any atom is -0.340 e. The normalized spacial score (nSPS) is 16.4. The highest BCUT2D eigenvalue weighted by Crippen LogP contribution is 2.34. The van der Waals surface area contributed by atoms with Gasteiger partial charge in [-0.05, 0) is 43.3 Å². The third-order valence-corrected chi connectivity index (χ3v) is 6.51. The fraction of sp³-hybridized carbons (Fsp3) is 0.300. The molecule has 11 heteroatoms. The molecule has 3 heterocycles. The van der Waals surface area contributed by atoms with E-state index in [0.717, 1.165) is 31.1 Å². The molecule has 0 bridgehead atoms. The van der Waals surface area contributed by atoms with Gasteiger partial charge in [-0.1, -0.05) is 6.92 Å². The van der Waals surface area contributed by atoms with E-state index in [2.05, 4.69) is 26.9 Å². The Balaban J connectivity index is 1.74. The summed E-state index contributed by atoms with van der Waals surface area (Å²) in [5.41, 5.74) is 0.706. The number of anilines is 2. The summed E-state index contributed by atoms with van der Waals surface area (Å²) in [7, 11) is -2.38. The van der Waals surface area contributed by atoms with Gasteiger partial charge < -0.3 is 9.88 Å². The zero-order chi connectivity index (χ0) is 22.4. The molecule has 1 aliphatic heterocycles.